The van der Waals surface area contributed by atoms with Gasteiger partial charge < -0.3 is 23.4 Å². The molecule has 1 N–H and O–H groups in total. The van der Waals surface area contributed by atoms with Gasteiger partial charge in [0, 0.05) is 11.5 Å². The third-order valence-electron chi connectivity index (χ3n) is 4.53. The molecule has 4 rings (SSSR count). The van der Waals surface area contributed by atoms with Gasteiger partial charge in [-0.3, -0.25) is 4.79 Å². The zero-order chi connectivity index (χ0) is 21.4. The number of phenolic OH excluding ortho intramolecular Hbond substituents is 1. The SMILES string of the molecule is CCOC(=O)c1oc2cc(O)ccc2c(=O)c1-c1ccc2oc(C(=O)OC)cc2c1. The first-order valence-electron chi connectivity index (χ1n) is 9.02. The number of ether oxygens (including phenoxy) is 2. The summed E-state index contributed by atoms with van der Waals surface area (Å²) in [6, 6.07) is 10.3. The normalized spacial score (nSPS) is 11.0. The lowest BCUT2D eigenvalue weighted by Gasteiger charge is -2.10. The van der Waals surface area contributed by atoms with Crippen LogP contribution in [0.3, 0.4) is 0 Å². The van der Waals surface area contributed by atoms with E-state index < -0.39 is 17.4 Å². The van der Waals surface area contributed by atoms with Crippen LogP contribution in [0.1, 0.15) is 28.0 Å². The van der Waals surface area contributed by atoms with Crippen molar-refractivity contribution in [1.29, 1.82) is 0 Å². The Labute approximate surface area is 169 Å². The molecule has 8 heteroatoms. The summed E-state index contributed by atoms with van der Waals surface area (Å²) in [6.45, 7) is 1.72. The summed E-state index contributed by atoms with van der Waals surface area (Å²) in [6.07, 6.45) is 0. The molecular weight excluding hydrogens is 392 g/mol. The molecule has 30 heavy (non-hydrogen) atoms. The lowest BCUT2D eigenvalue weighted by molar-refractivity contribution is 0.0491. The highest BCUT2D eigenvalue weighted by Gasteiger charge is 2.24. The average molecular weight is 408 g/mol. The minimum atomic E-state index is -0.808. The zero-order valence-electron chi connectivity index (χ0n) is 16.1. The van der Waals surface area contributed by atoms with E-state index in [0.717, 1.165) is 0 Å². The van der Waals surface area contributed by atoms with E-state index in [9.17, 15) is 19.5 Å². The Morgan fingerprint density at radius 1 is 1.00 bits per heavy atom. The van der Waals surface area contributed by atoms with Gasteiger partial charge in [-0.2, -0.15) is 0 Å². The maximum absolute atomic E-state index is 13.2. The standard InChI is InChI=1S/C22H16O8/c1-3-28-22(26)20-18(19(24)14-6-5-13(23)10-16(14)30-20)11-4-7-15-12(8-11)9-17(29-15)21(25)27-2/h4-10,23H,3H2,1-2H3. The van der Waals surface area contributed by atoms with Gasteiger partial charge >= 0.3 is 11.9 Å². The molecular formula is C22H16O8. The van der Waals surface area contributed by atoms with Crippen LogP contribution in [0.15, 0.2) is 56.1 Å². The summed E-state index contributed by atoms with van der Waals surface area (Å²) in [7, 11) is 1.24. The molecule has 2 aromatic heterocycles. The third kappa shape index (κ3) is 3.18. The number of carbonyl (C=O) groups excluding carboxylic acids is 2. The number of hydrogen-bond acceptors (Lipinski definition) is 8. The number of fused-ring (bicyclic) bond motifs is 2. The summed E-state index contributed by atoms with van der Waals surface area (Å²) in [4.78, 5) is 37.5. The Morgan fingerprint density at radius 2 is 1.80 bits per heavy atom. The fourth-order valence-electron chi connectivity index (χ4n) is 3.18. The highest BCUT2D eigenvalue weighted by atomic mass is 16.5. The minimum absolute atomic E-state index is 0.00866. The molecule has 0 fully saturated rings. The number of rotatable bonds is 4. The number of furan rings is 1. The maximum atomic E-state index is 13.2. The largest absolute Gasteiger partial charge is 0.508 e. The molecule has 0 spiro atoms. The molecule has 0 saturated carbocycles. The smallest absolute Gasteiger partial charge is 0.375 e. The molecule has 0 amide bonds. The molecule has 2 aromatic carbocycles. The summed E-state index contributed by atoms with van der Waals surface area (Å²) in [5.74, 6) is -1.82. The van der Waals surface area contributed by atoms with Gasteiger partial charge in [0.25, 0.3) is 0 Å². The monoisotopic (exact) mass is 408 g/mol. The van der Waals surface area contributed by atoms with E-state index in [-0.39, 0.29) is 40.4 Å². The number of carbonyl (C=O) groups is 2. The summed E-state index contributed by atoms with van der Waals surface area (Å²) < 4.78 is 20.8. The van der Waals surface area contributed by atoms with Gasteiger partial charge in [0.05, 0.1) is 24.7 Å². The lowest BCUT2D eigenvalue weighted by atomic mass is 10.0. The fraction of sp³-hybridized carbons (Fsp3) is 0.136. The number of benzene rings is 2. The topological polar surface area (TPSA) is 116 Å². The molecule has 152 valence electrons. The highest BCUT2D eigenvalue weighted by molar-refractivity contribution is 6.00. The van der Waals surface area contributed by atoms with Crippen molar-refractivity contribution in [3.63, 3.8) is 0 Å². The zero-order valence-corrected chi connectivity index (χ0v) is 16.1. The average Bonchev–Trinajstić information content (AvgIpc) is 3.16. The van der Waals surface area contributed by atoms with E-state index in [1.165, 1.54) is 31.4 Å². The second-order valence-electron chi connectivity index (χ2n) is 6.39. The van der Waals surface area contributed by atoms with Gasteiger partial charge in [0.15, 0.2) is 0 Å². The van der Waals surface area contributed by atoms with E-state index in [2.05, 4.69) is 4.74 Å². The van der Waals surface area contributed by atoms with Gasteiger partial charge in [0.1, 0.15) is 16.9 Å². The molecule has 4 aromatic rings. The molecule has 0 aliphatic carbocycles. The van der Waals surface area contributed by atoms with Gasteiger partial charge in [0.2, 0.25) is 16.9 Å². The minimum Gasteiger partial charge on any atom is -0.508 e. The quantitative estimate of drug-likeness (QED) is 0.506. The van der Waals surface area contributed by atoms with Gasteiger partial charge in [-0.25, -0.2) is 9.59 Å². The highest BCUT2D eigenvalue weighted by Crippen LogP contribution is 2.30. The maximum Gasteiger partial charge on any atom is 0.375 e. The van der Waals surface area contributed by atoms with Crippen molar-refractivity contribution in [2.45, 2.75) is 6.92 Å². The number of phenols is 1. The first kappa shape index (κ1) is 19.3. The van der Waals surface area contributed by atoms with Crippen LogP contribution < -0.4 is 5.43 Å². The molecule has 8 nitrogen and oxygen atoms in total. The fourth-order valence-corrected chi connectivity index (χ4v) is 3.18. The number of aromatic hydroxyl groups is 1. The molecule has 0 saturated heterocycles. The Balaban J connectivity index is 1.98. The number of methoxy groups -OCH3 is 1. The van der Waals surface area contributed by atoms with Crippen LogP contribution in [0, 0.1) is 0 Å². The molecule has 0 unspecified atom stereocenters. The molecule has 0 radical (unpaired) electrons. The van der Waals surface area contributed by atoms with E-state index in [0.29, 0.717) is 16.5 Å². The van der Waals surface area contributed by atoms with Crippen LogP contribution in [0.5, 0.6) is 5.75 Å². The van der Waals surface area contributed by atoms with Crippen LogP contribution in [0.4, 0.5) is 0 Å². The Morgan fingerprint density at radius 3 is 2.53 bits per heavy atom. The predicted octanol–water partition coefficient (Wildman–Crippen LogP) is 3.88. The summed E-state index contributed by atoms with van der Waals surface area (Å²) in [5.41, 5.74) is 0.396. The van der Waals surface area contributed by atoms with E-state index in [1.807, 2.05) is 0 Å². The van der Waals surface area contributed by atoms with Crippen LogP contribution in [0.2, 0.25) is 0 Å². The van der Waals surface area contributed by atoms with Crippen molar-refractivity contribution in [2.75, 3.05) is 13.7 Å². The van der Waals surface area contributed by atoms with Crippen LogP contribution in [-0.2, 0) is 9.47 Å². The molecule has 2 heterocycles. The van der Waals surface area contributed by atoms with Crippen LogP contribution in [-0.4, -0.2) is 30.8 Å². The van der Waals surface area contributed by atoms with Crippen LogP contribution >= 0.6 is 0 Å². The van der Waals surface area contributed by atoms with Crippen molar-refractivity contribution >= 4 is 33.9 Å². The van der Waals surface area contributed by atoms with Crippen molar-refractivity contribution in [3.05, 3.63) is 64.2 Å². The van der Waals surface area contributed by atoms with Gasteiger partial charge in [-0.05, 0) is 42.8 Å². The first-order chi connectivity index (χ1) is 14.4. The van der Waals surface area contributed by atoms with Crippen molar-refractivity contribution in [3.8, 4) is 16.9 Å². The summed E-state index contributed by atoms with van der Waals surface area (Å²) in [5, 5.41) is 10.4. The van der Waals surface area contributed by atoms with E-state index >= 15 is 0 Å². The van der Waals surface area contributed by atoms with Crippen molar-refractivity contribution in [2.24, 2.45) is 0 Å². The first-order valence-corrected chi connectivity index (χ1v) is 9.02. The number of hydrogen-bond donors (Lipinski definition) is 1. The summed E-state index contributed by atoms with van der Waals surface area (Å²) >= 11 is 0. The third-order valence-corrected chi connectivity index (χ3v) is 4.53. The molecule has 0 aliphatic heterocycles. The Bertz CT molecular complexity index is 1360. The van der Waals surface area contributed by atoms with Crippen LogP contribution in [0.25, 0.3) is 33.1 Å². The van der Waals surface area contributed by atoms with E-state index in [1.54, 1.807) is 25.1 Å². The van der Waals surface area contributed by atoms with Crippen molar-refractivity contribution in [1.82, 2.24) is 0 Å². The van der Waals surface area contributed by atoms with E-state index in [4.69, 9.17) is 13.6 Å². The number of esters is 2. The van der Waals surface area contributed by atoms with Gasteiger partial charge in [-0.1, -0.05) is 6.07 Å². The predicted molar refractivity (Wildman–Crippen MR) is 107 cm³/mol. The molecule has 0 aliphatic rings. The van der Waals surface area contributed by atoms with Gasteiger partial charge in [-0.15, -0.1) is 0 Å². The Hall–Kier alpha value is -4.07. The second-order valence-corrected chi connectivity index (χ2v) is 6.39. The van der Waals surface area contributed by atoms with Crippen molar-refractivity contribution < 1.29 is 33.0 Å². The molecule has 0 atom stereocenters. The lowest BCUT2D eigenvalue weighted by Crippen LogP contribution is -2.15. The Kier molecular flexibility index (Phi) is 4.75. The molecule has 0 bridgehead atoms. The second kappa shape index (κ2) is 7.40.